The molecule has 1 aliphatic rings. The molecule has 9 atom stereocenters. The second-order valence-corrected chi connectivity index (χ2v) is 5.18. The zero-order chi connectivity index (χ0) is 19.9. The number of alkyl halides is 2. The summed E-state index contributed by atoms with van der Waals surface area (Å²) in [6.45, 7) is -1.62. The quantitative estimate of drug-likeness (QED) is 0.199. The minimum absolute atomic E-state index is 0.340. The van der Waals surface area contributed by atoms with Crippen LogP contribution in [0, 0.1) is 0 Å². The molecule has 11 nitrogen and oxygen atoms in total. The Kier molecular flexibility index (Phi) is 9.96. The summed E-state index contributed by atoms with van der Waals surface area (Å²) in [6.07, 6.45) is -15.5. The van der Waals surface area contributed by atoms with Crippen LogP contribution >= 0.6 is 0 Å². The Bertz CT molecular complexity index is 395. The molecule has 0 saturated carbocycles. The molecule has 0 bridgehead atoms. The van der Waals surface area contributed by atoms with E-state index in [0.29, 0.717) is 0 Å². The first kappa shape index (κ1) is 24.1. The van der Waals surface area contributed by atoms with E-state index in [1.54, 1.807) is 0 Å². The van der Waals surface area contributed by atoms with E-state index in [4.69, 9.17) is 46.0 Å². The van der Waals surface area contributed by atoms with Gasteiger partial charge < -0.3 is 55.5 Å². The Morgan fingerprint density at radius 3 is 2.04 bits per heavy atom. The second kappa shape index (κ2) is 10.3. The monoisotopic (exact) mass is 380 g/mol. The van der Waals surface area contributed by atoms with Gasteiger partial charge in [0.15, 0.2) is 24.9 Å². The van der Waals surface area contributed by atoms with Crippen LogP contribution in [0.25, 0.3) is 0 Å². The normalized spacial score (nSPS) is 35.6. The molecule has 0 radical (unpaired) electrons. The van der Waals surface area contributed by atoms with E-state index in [0.717, 1.165) is 0 Å². The van der Waals surface area contributed by atoms with Crippen molar-refractivity contribution in [1.29, 1.82) is 0 Å². The Hall–Kier alpha value is -0.870. The highest BCUT2D eigenvalue weighted by molar-refractivity contribution is 5.57. The van der Waals surface area contributed by atoms with Gasteiger partial charge >= 0.3 is 0 Å². The lowest BCUT2D eigenvalue weighted by molar-refractivity contribution is -0.274. The molecular weight excluding hydrogens is 358 g/mol. The number of hydrogen-bond donors (Lipinski definition) is 9. The van der Waals surface area contributed by atoms with Crippen molar-refractivity contribution in [2.24, 2.45) is 0 Å². The molecule has 0 aromatic heterocycles. The number of carbonyl (C=O) groups is 1. The van der Waals surface area contributed by atoms with Gasteiger partial charge in [-0.1, -0.05) is 0 Å². The smallest absolute Gasteiger partial charge is 0.268 e. The summed E-state index contributed by atoms with van der Waals surface area (Å²) in [5.74, 6) is -3.68. The molecule has 1 fully saturated rings. The standard InChI is InChI=1S/C6H11FO6.C6H11FO5/c7-6(13,4(11)2-9)5(12)3(10)1-8;7-3-4(9)2(1-8)12-6(11)5(3)10/h2-5,8,10-13H,1H2;2-6,8-11H,1H2/t3-,4+,5-,6-;2-,3+,4-,5-,6?/m11/s1. The van der Waals surface area contributed by atoms with Crippen LogP contribution in [0.5, 0.6) is 0 Å². The third-order valence-electron chi connectivity index (χ3n) is 3.33. The third kappa shape index (κ3) is 6.10. The SMILES string of the molecule is O=C[C@H](O)[C@](O)(F)[C@H](O)[C@H](O)CO.OC[C@H]1OC(O)[C@H](O)[C@@H](F)[C@@H]1O. The average molecular weight is 380 g/mol. The number of hydrogen-bond acceptors (Lipinski definition) is 11. The summed E-state index contributed by atoms with van der Waals surface area (Å²) >= 11 is 0. The van der Waals surface area contributed by atoms with Gasteiger partial charge in [0.1, 0.15) is 30.5 Å². The predicted octanol–water partition coefficient (Wildman–Crippen LogP) is -5.33. The Morgan fingerprint density at radius 1 is 1.12 bits per heavy atom. The highest BCUT2D eigenvalue weighted by atomic mass is 19.2. The van der Waals surface area contributed by atoms with Crippen molar-refractivity contribution in [2.75, 3.05) is 13.2 Å². The maximum absolute atomic E-state index is 12.9. The summed E-state index contributed by atoms with van der Waals surface area (Å²) in [5, 5.41) is 78.2. The molecule has 0 amide bonds. The summed E-state index contributed by atoms with van der Waals surface area (Å²) in [4.78, 5) is 9.86. The van der Waals surface area contributed by atoms with Crippen molar-refractivity contribution >= 4 is 6.29 Å². The molecule has 13 heteroatoms. The molecule has 1 rings (SSSR count). The predicted molar refractivity (Wildman–Crippen MR) is 72.1 cm³/mol. The van der Waals surface area contributed by atoms with E-state index in [2.05, 4.69) is 4.74 Å². The lowest BCUT2D eigenvalue weighted by Gasteiger charge is -2.36. The van der Waals surface area contributed by atoms with Crippen LogP contribution < -0.4 is 0 Å². The van der Waals surface area contributed by atoms with Gasteiger partial charge in [-0.15, -0.1) is 0 Å². The Labute approximate surface area is 140 Å². The van der Waals surface area contributed by atoms with Gasteiger partial charge in [0, 0.05) is 0 Å². The molecule has 0 spiro atoms. The first-order valence-electron chi connectivity index (χ1n) is 6.91. The maximum atomic E-state index is 12.9. The van der Waals surface area contributed by atoms with Crippen molar-refractivity contribution in [3.8, 4) is 0 Å². The minimum atomic E-state index is -3.68. The topological polar surface area (TPSA) is 208 Å². The molecule has 9 N–H and O–H groups in total. The third-order valence-corrected chi connectivity index (χ3v) is 3.33. The summed E-state index contributed by atoms with van der Waals surface area (Å²) in [6, 6.07) is 0. The van der Waals surface area contributed by atoms with Gasteiger partial charge in [-0.25, -0.2) is 8.78 Å². The number of halogens is 2. The number of rotatable bonds is 6. The van der Waals surface area contributed by atoms with E-state index in [1.807, 2.05) is 0 Å². The second-order valence-electron chi connectivity index (χ2n) is 5.18. The molecule has 1 aliphatic heterocycles. The number of aldehydes is 1. The first-order chi connectivity index (χ1) is 11.4. The molecule has 0 aromatic carbocycles. The van der Waals surface area contributed by atoms with E-state index in [9.17, 15) is 13.6 Å². The molecule has 1 heterocycles. The van der Waals surface area contributed by atoms with Gasteiger partial charge in [0.05, 0.1) is 13.2 Å². The molecule has 1 saturated heterocycles. The van der Waals surface area contributed by atoms with Crippen molar-refractivity contribution in [3.05, 3.63) is 0 Å². The van der Waals surface area contributed by atoms with Crippen LogP contribution in [0.2, 0.25) is 0 Å². The highest BCUT2D eigenvalue weighted by Crippen LogP contribution is 2.21. The van der Waals surface area contributed by atoms with Gasteiger partial charge in [-0.3, -0.25) is 0 Å². The molecule has 150 valence electrons. The largest absolute Gasteiger partial charge is 0.394 e. The Balaban J connectivity index is 0.000000462. The lowest BCUT2D eigenvalue weighted by Crippen LogP contribution is -2.56. The number of carbonyl (C=O) groups excluding carboxylic acids is 1. The van der Waals surface area contributed by atoms with Gasteiger partial charge in [0.25, 0.3) is 5.85 Å². The highest BCUT2D eigenvalue weighted by Gasteiger charge is 2.46. The first-order valence-corrected chi connectivity index (χ1v) is 6.91. The van der Waals surface area contributed by atoms with Crippen LogP contribution in [-0.2, 0) is 9.53 Å². The van der Waals surface area contributed by atoms with Crippen molar-refractivity contribution < 1.29 is 64.3 Å². The molecule has 0 aromatic rings. The van der Waals surface area contributed by atoms with Gasteiger partial charge in [0.2, 0.25) is 0 Å². The van der Waals surface area contributed by atoms with Gasteiger partial charge in [-0.05, 0) is 0 Å². The van der Waals surface area contributed by atoms with Crippen LogP contribution in [0.15, 0.2) is 0 Å². The fourth-order valence-electron chi connectivity index (χ4n) is 1.70. The van der Waals surface area contributed by atoms with Crippen LogP contribution in [0.1, 0.15) is 0 Å². The van der Waals surface area contributed by atoms with E-state index in [1.165, 1.54) is 0 Å². The summed E-state index contributed by atoms with van der Waals surface area (Å²) < 4.78 is 30.2. The van der Waals surface area contributed by atoms with Crippen LogP contribution in [0.3, 0.4) is 0 Å². The lowest BCUT2D eigenvalue weighted by atomic mass is 10.0. The summed E-state index contributed by atoms with van der Waals surface area (Å²) in [5.41, 5.74) is 0. The number of ether oxygens (including phenoxy) is 1. The number of aliphatic hydroxyl groups excluding tert-OH is 8. The molecule has 25 heavy (non-hydrogen) atoms. The molecule has 0 aliphatic carbocycles. The fraction of sp³-hybridized carbons (Fsp3) is 0.917. The maximum Gasteiger partial charge on any atom is 0.268 e. The zero-order valence-corrected chi connectivity index (χ0v) is 12.7. The van der Waals surface area contributed by atoms with E-state index in [-0.39, 0.29) is 6.29 Å². The van der Waals surface area contributed by atoms with E-state index < -0.39 is 68.2 Å². The number of aliphatic hydroxyl groups is 9. The molecular formula is C12H22F2O11. The van der Waals surface area contributed by atoms with Crippen LogP contribution in [0.4, 0.5) is 8.78 Å². The van der Waals surface area contributed by atoms with Crippen molar-refractivity contribution in [3.63, 3.8) is 0 Å². The van der Waals surface area contributed by atoms with Crippen molar-refractivity contribution in [1.82, 2.24) is 0 Å². The van der Waals surface area contributed by atoms with Crippen LogP contribution in [-0.4, -0.2) is 120 Å². The van der Waals surface area contributed by atoms with E-state index >= 15 is 0 Å². The zero-order valence-electron chi connectivity index (χ0n) is 12.7. The van der Waals surface area contributed by atoms with Gasteiger partial charge in [-0.2, -0.15) is 0 Å². The Morgan fingerprint density at radius 2 is 1.64 bits per heavy atom. The average Bonchev–Trinajstić information content (AvgIpc) is 2.61. The minimum Gasteiger partial charge on any atom is -0.394 e. The summed E-state index contributed by atoms with van der Waals surface area (Å²) in [7, 11) is 0. The van der Waals surface area contributed by atoms with Crippen molar-refractivity contribution in [2.45, 2.75) is 54.9 Å². The fourth-order valence-corrected chi connectivity index (χ4v) is 1.70. The molecule has 1 unspecified atom stereocenters.